The van der Waals surface area contributed by atoms with Crippen molar-refractivity contribution in [2.24, 2.45) is 0 Å². The van der Waals surface area contributed by atoms with E-state index in [-0.39, 0.29) is 0 Å². The van der Waals surface area contributed by atoms with E-state index in [1.165, 1.54) is 12.8 Å². The lowest BCUT2D eigenvalue weighted by molar-refractivity contribution is 0.411. The van der Waals surface area contributed by atoms with Gasteiger partial charge >= 0.3 is 0 Å². The third-order valence-electron chi connectivity index (χ3n) is 2.64. The normalized spacial score (nSPS) is 15.5. The zero-order valence-corrected chi connectivity index (χ0v) is 12.8. The first-order valence-electron chi connectivity index (χ1n) is 5.63. The van der Waals surface area contributed by atoms with Gasteiger partial charge in [0.2, 0.25) is 0 Å². The number of benzene rings is 1. The maximum absolute atomic E-state index is 5.38. The van der Waals surface area contributed by atoms with E-state index < -0.39 is 0 Å². The number of rotatable bonds is 5. The number of hydrogen-bond acceptors (Lipinski definition) is 2. The average molecular weight is 361 g/mol. The second kappa shape index (κ2) is 6.03. The smallest absolute Gasteiger partial charge is 0.140 e. The molecule has 1 aliphatic carbocycles. The summed E-state index contributed by atoms with van der Waals surface area (Å²) in [6, 6.07) is 4.78. The van der Waals surface area contributed by atoms with Crippen LogP contribution in [-0.2, 0) is 0 Å². The summed E-state index contributed by atoms with van der Waals surface area (Å²) in [6.45, 7) is 0.915. The zero-order valence-electron chi connectivity index (χ0n) is 9.67. The van der Waals surface area contributed by atoms with Crippen LogP contribution in [0.1, 0.15) is 18.4 Å². The summed E-state index contributed by atoms with van der Waals surface area (Å²) in [5, 5.41) is 3.44. The third kappa shape index (κ3) is 3.83. The van der Waals surface area contributed by atoms with Gasteiger partial charge in [-0.05, 0) is 40.9 Å². The Morgan fingerprint density at radius 2 is 2.18 bits per heavy atom. The molecule has 0 unspecified atom stereocenters. The molecular formula is C13H15Br2NO. The number of ether oxygens (including phenoxy) is 1. The molecule has 0 saturated heterocycles. The Labute approximate surface area is 119 Å². The van der Waals surface area contributed by atoms with Crippen LogP contribution in [0.15, 0.2) is 27.2 Å². The van der Waals surface area contributed by atoms with Gasteiger partial charge in [-0.2, -0.15) is 0 Å². The van der Waals surface area contributed by atoms with E-state index in [1.807, 2.05) is 6.07 Å². The van der Waals surface area contributed by atoms with Crippen molar-refractivity contribution in [1.82, 2.24) is 5.32 Å². The highest BCUT2D eigenvalue weighted by Crippen LogP contribution is 2.33. The molecule has 1 saturated carbocycles. The van der Waals surface area contributed by atoms with E-state index in [9.17, 15) is 0 Å². The van der Waals surface area contributed by atoms with Gasteiger partial charge in [-0.25, -0.2) is 0 Å². The number of hydrogen-bond donors (Lipinski definition) is 1. The van der Waals surface area contributed by atoms with Crippen LogP contribution >= 0.6 is 31.9 Å². The maximum Gasteiger partial charge on any atom is 0.140 e. The monoisotopic (exact) mass is 359 g/mol. The second-order valence-electron chi connectivity index (χ2n) is 4.09. The second-order valence-corrected chi connectivity index (χ2v) is 5.86. The van der Waals surface area contributed by atoms with Gasteiger partial charge < -0.3 is 10.1 Å². The minimum Gasteiger partial charge on any atom is -0.495 e. The minimum atomic E-state index is 0.746. The van der Waals surface area contributed by atoms with E-state index >= 15 is 0 Å². The fourth-order valence-electron chi connectivity index (χ4n) is 1.63. The fraction of sp³-hybridized carbons (Fsp3) is 0.385. The van der Waals surface area contributed by atoms with Crippen molar-refractivity contribution in [3.63, 3.8) is 0 Å². The largest absolute Gasteiger partial charge is 0.495 e. The Balaban J connectivity index is 2.06. The van der Waals surface area contributed by atoms with Gasteiger partial charge in [-0.15, -0.1) is 0 Å². The molecule has 1 aromatic rings. The summed E-state index contributed by atoms with van der Waals surface area (Å²) in [5.74, 6) is 0.871. The summed E-state index contributed by atoms with van der Waals surface area (Å²) < 4.78 is 7.39. The van der Waals surface area contributed by atoms with Crippen molar-refractivity contribution in [2.45, 2.75) is 18.9 Å². The summed E-state index contributed by atoms with van der Waals surface area (Å²) >= 11 is 6.98. The lowest BCUT2D eigenvalue weighted by atomic mass is 10.2. The lowest BCUT2D eigenvalue weighted by Crippen LogP contribution is -2.15. The maximum atomic E-state index is 5.38. The van der Waals surface area contributed by atoms with Gasteiger partial charge in [0.05, 0.1) is 11.6 Å². The molecule has 1 aliphatic rings. The minimum absolute atomic E-state index is 0.746. The van der Waals surface area contributed by atoms with Crippen molar-refractivity contribution in [1.29, 1.82) is 0 Å². The molecular weight excluding hydrogens is 346 g/mol. The Morgan fingerprint density at radius 3 is 2.82 bits per heavy atom. The molecule has 1 aromatic carbocycles. The standard InChI is InChI=1S/C13H15Br2NO/c1-17-13-9(7-10(14)8-12(13)15)3-2-6-16-11-4-5-11/h2-3,7-8,11,16H,4-6H2,1H3. The Morgan fingerprint density at radius 1 is 1.41 bits per heavy atom. The molecule has 0 spiro atoms. The summed E-state index contributed by atoms with van der Waals surface area (Å²) in [5.41, 5.74) is 1.08. The highest BCUT2D eigenvalue weighted by atomic mass is 79.9. The number of nitrogens with one attached hydrogen (secondary N) is 1. The molecule has 0 aromatic heterocycles. The van der Waals surface area contributed by atoms with Crippen molar-refractivity contribution >= 4 is 37.9 Å². The molecule has 0 heterocycles. The first-order valence-corrected chi connectivity index (χ1v) is 7.22. The van der Waals surface area contributed by atoms with Crippen molar-refractivity contribution < 1.29 is 4.74 Å². The van der Waals surface area contributed by atoms with E-state index in [1.54, 1.807) is 7.11 Å². The quantitative estimate of drug-likeness (QED) is 0.857. The summed E-state index contributed by atoms with van der Waals surface area (Å²) in [6.07, 6.45) is 6.86. The molecule has 0 atom stereocenters. The lowest BCUT2D eigenvalue weighted by Gasteiger charge is -2.08. The molecule has 2 nitrogen and oxygen atoms in total. The van der Waals surface area contributed by atoms with Crippen LogP contribution in [0.3, 0.4) is 0 Å². The molecule has 17 heavy (non-hydrogen) atoms. The molecule has 4 heteroatoms. The first kappa shape index (κ1) is 13.1. The first-order chi connectivity index (χ1) is 8.20. The van der Waals surface area contributed by atoms with Gasteiger partial charge in [0.15, 0.2) is 0 Å². The van der Waals surface area contributed by atoms with Crippen LogP contribution in [-0.4, -0.2) is 19.7 Å². The van der Waals surface area contributed by atoms with Gasteiger partial charge in [0, 0.05) is 22.6 Å². The van der Waals surface area contributed by atoms with E-state index in [0.29, 0.717) is 0 Å². The zero-order chi connectivity index (χ0) is 12.3. The number of methoxy groups -OCH3 is 1. The van der Waals surface area contributed by atoms with E-state index in [2.05, 4.69) is 55.4 Å². The molecule has 92 valence electrons. The predicted octanol–water partition coefficient (Wildman–Crippen LogP) is 3.99. The Hall–Kier alpha value is -0.320. The van der Waals surface area contributed by atoms with Gasteiger partial charge in [-0.1, -0.05) is 28.1 Å². The Bertz CT molecular complexity index is 428. The molecule has 0 bridgehead atoms. The van der Waals surface area contributed by atoms with Crippen LogP contribution in [0.5, 0.6) is 5.75 Å². The van der Waals surface area contributed by atoms with Crippen molar-refractivity contribution in [3.05, 3.63) is 32.7 Å². The molecule has 1 N–H and O–H groups in total. The van der Waals surface area contributed by atoms with Crippen LogP contribution in [0.4, 0.5) is 0 Å². The van der Waals surface area contributed by atoms with Crippen molar-refractivity contribution in [3.8, 4) is 5.75 Å². The number of halogens is 2. The predicted molar refractivity (Wildman–Crippen MR) is 78.5 cm³/mol. The molecule has 0 aliphatic heterocycles. The summed E-state index contributed by atoms with van der Waals surface area (Å²) in [4.78, 5) is 0. The van der Waals surface area contributed by atoms with E-state index in [4.69, 9.17) is 4.74 Å². The molecule has 1 fully saturated rings. The molecule has 0 amide bonds. The third-order valence-corrected chi connectivity index (χ3v) is 3.69. The van der Waals surface area contributed by atoms with Crippen LogP contribution in [0.25, 0.3) is 6.08 Å². The van der Waals surface area contributed by atoms with Crippen molar-refractivity contribution in [2.75, 3.05) is 13.7 Å². The molecule has 0 radical (unpaired) electrons. The Kier molecular flexibility index (Phi) is 4.65. The average Bonchev–Trinajstić information content (AvgIpc) is 3.07. The SMILES string of the molecule is COc1c(Br)cc(Br)cc1C=CCNC1CC1. The highest BCUT2D eigenvalue weighted by Gasteiger charge is 2.18. The fourth-order valence-corrected chi connectivity index (χ4v) is 3.05. The van der Waals surface area contributed by atoms with Gasteiger partial charge in [0.25, 0.3) is 0 Å². The topological polar surface area (TPSA) is 21.3 Å². The van der Waals surface area contributed by atoms with Crippen LogP contribution in [0, 0.1) is 0 Å². The van der Waals surface area contributed by atoms with Crippen LogP contribution < -0.4 is 10.1 Å². The van der Waals surface area contributed by atoms with Gasteiger partial charge in [-0.3, -0.25) is 0 Å². The molecule has 2 rings (SSSR count). The summed E-state index contributed by atoms with van der Waals surface area (Å²) in [7, 11) is 1.69. The van der Waals surface area contributed by atoms with E-state index in [0.717, 1.165) is 32.8 Å². The highest BCUT2D eigenvalue weighted by molar-refractivity contribution is 9.11. The van der Waals surface area contributed by atoms with Crippen LogP contribution in [0.2, 0.25) is 0 Å². The van der Waals surface area contributed by atoms with Gasteiger partial charge in [0.1, 0.15) is 5.75 Å².